The van der Waals surface area contributed by atoms with E-state index in [0.29, 0.717) is 40.7 Å². The number of pyridine rings is 1. The summed E-state index contributed by atoms with van der Waals surface area (Å²) in [6.07, 6.45) is -1.81. The van der Waals surface area contributed by atoms with Crippen LogP contribution in [0.25, 0.3) is 0 Å². The molecule has 0 spiro atoms. The molecule has 0 amide bonds. The topological polar surface area (TPSA) is 15.9 Å². The van der Waals surface area contributed by atoms with E-state index in [1.807, 2.05) is 25.2 Å². The summed E-state index contributed by atoms with van der Waals surface area (Å²) in [6, 6.07) is 18.2. The van der Waals surface area contributed by atoms with Crippen LogP contribution in [0.4, 0.5) is 17.6 Å². The molecule has 35 heavy (non-hydrogen) atoms. The quantitative estimate of drug-likeness (QED) is 0.261. The lowest BCUT2D eigenvalue weighted by molar-refractivity contribution is -0.137. The average molecular weight is 509 g/mol. The molecule has 0 saturated carbocycles. The smallest absolute Gasteiger partial charge is 0.300 e. The van der Waals surface area contributed by atoms with E-state index in [-0.39, 0.29) is 0 Å². The Hall–Kier alpha value is -2.44. The van der Waals surface area contributed by atoms with Crippen molar-refractivity contribution in [1.82, 2.24) is 9.88 Å². The Morgan fingerprint density at radius 2 is 1.57 bits per heavy atom. The van der Waals surface area contributed by atoms with Gasteiger partial charge in [0.05, 0.1) is 10.6 Å². The summed E-state index contributed by atoms with van der Waals surface area (Å²) in [4.78, 5) is 6.24. The van der Waals surface area contributed by atoms with Gasteiger partial charge in [0, 0.05) is 30.9 Å². The van der Waals surface area contributed by atoms with E-state index >= 15 is 0 Å². The number of likely N-dealkylation sites (N-methyl/N-ethyl adjacent to an activating group) is 1. The van der Waals surface area contributed by atoms with Gasteiger partial charge in [-0.3, -0.25) is 4.98 Å². The van der Waals surface area contributed by atoms with Crippen molar-refractivity contribution in [3.63, 3.8) is 0 Å². The number of benzene rings is 2. The van der Waals surface area contributed by atoms with Crippen LogP contribution < -0.4 is 0 Å². The molecule has 2 aromatic carbocycles. The van der Waals surface area contributed by atoms with Gasteiger partial charge >= 0.3 is 6.18 Å². The zero-order chi connectivity index (χ0) is 26.2. The molecule has 3 aromatic rings. The summed E-state index contributed by atoms with van der Waals surface area (Å²) in [7, 11) is 2.02. The Bertz CT molecular complexity index is 1050. The fraction of sp³-hybridized carbons (Fsp3) is 0.393. The molecule has 1 aliphatic rings. The first-order chi connectivity index (χ1) is 16.2. The molecule has 0 radical (unpaired) electrons. The second kappa shape index (κ2) is 12.5. The standard InChI is InChI=1S/C14H11ClF3N.C7H14FN.C7H8/c1-9-4-10(6-11(5-9)14(16,17)18)7-13-3-2-12(15)8-19-13;1-7(2,8)4-6-5-9(6)3;1-7-5-3-2-4-6-7/h2-6,8H,7H2,1H3;6H,4-5H2,1-3H3;2-6H,1H3. The molecular formula is C28H33ClF4N2. The minimum atomic E-state index is -4.33. The maximum absolute atomic E-state index is 12.8. The first kappa shape index (κ1) is 28.8. The highest BCUT2D eigenvalue weighted by Gasteiger charge is 2.35. The summed E-state index contributed by atoms with van der Waals surface area (Å²) in [5.41, 5.74) is 1.57. The molecular weight excluding hydrogens is 476 g/mol. The Kier molecular flexibility index (Phi) is 10.3. The summed E-state index contributed by atoms with van der Waals surface area (Å²) in [5.74, 6) is 0. The number of rotatable bonds is 4. The number of aromatic nitrogens is 1. The molecule has 1 fully saturated rings. The second-order valence-corrected chi connectivity index (χ2v) is 9.96. The minimum absolute atomic E-state index is 0.349. The fourth-order valence-electron chi connectivity index (χ4n) is 3.45. The number of alkyl halides is 4. The maximum atomic E-state index is 12.8. The zero-order valence-corrected chi connectivity index (χ0v) is 21.6. The van der Waals surface area contributed by atoms with Crippen LogP contribution in [0.3, 0.4) is 0 Å². The third-order valence-corrected chi connectivity index (χ3v) is 5.51. The molecule has 7 heteroatoms. The highest BCUT2D eigenvalue weighted by atomic mass is 35.5. The Balaban J connectivity index is 0.000000222. The minimum Gasteiger partial charge on any atom is -0.300 e. The largest absolute Gasteiger partial charge is 0.416 e. The van der Waals surface area contributed by atoms with Crippen LogP contribution in [-0.4, -0.2) is 35.2 Å². The highest BCUT2D eigenvalue weighted by Crippen LogP contribution is 2.31. The van der Waals surface area contributed by atoms with Crippen LogP contribution in [-0.2, 0) is 12.6 Å². The van der Waals surface area contributed by atoms with Gasteiger partial charge in [0.1, 0.15) is 5.67 Å². The van der Waals surface area contributed by atoms with Crippen molar-refractivity contribution in [2.45, 2.75) is 58.4 Å². The summed E-state index contributed by atoms with van der Waals surface area (Å²) >= 11 is 5.71. The van der Waals surface area contributed by atoms with Crippen LogP contribution >= 0.6 is 11.6 Å². The number of hydrogen-bond donors (Lipinski definition) is 0. The number of aryl methyl sites for hydroxylation is 2. The van der Waals surface area contributed by atoms with Crippen LogP contribution in [0.2, 0.25) is 5.02 Å². The van der Waals surface area contributed by atoms with Crippen molar-refractivity contribution in [2.24, 2.45) is 0 Å². The first-order valence-electron chi connectivity index (χ1n) is 11.4. The molecule has 0 bridgehead atoms. The predicted octanol–water partition coefficient (Wildman–Crippen LogP) is 8.09. The van der Waals surface area contributed by atoms with Crippen molar-refractivity contribution in [1.29, 1.82) is 0 Å². The van der Waals surface area contributed by atoms with E-state index in [1.165, 1.54) is 11.8 Å². The monoisotopic (exact) mass is 508 g/mol. The summed E-state index contributed by atoms with van der Waals surface area (Å²) in [5, 5.41) is 0.504. The van der Waals surface area contributed by atoms with E-state index in [1.54, 1.807) is 39.0 Å². The van der Waals surface area contributed by atoms with E-state index in [9.17, 15) is 17.6 Å². The Morgan fingerprint density at radius 3 is 1.97 bits per heavy atom. The predicted molar refractivity (Wildman–Crippen MR) is 136 cm³/mol. The molecule has 2 unspecified atom stereocenters. The number of nitrogens with zero attached hydrogens (tertiary/aromatic N) is 2. The summed E-state index contributed by atoms with van der Waals surface area (Å²) < 4.78 is 50.9. The normalized spacial score (nSPS) is 17.0. The van der Waals surface area contributed by atoms with Gasteiger partial charge in [0.2, 0.25) is 0 Å². The molecule has 1 saturated heterocycles. The molecule has 0 N–H and O–H groups in total. The second-order valence-electron chi connectivity index (χ2n) is 9.52. The third kappa shape index (κ3) is 11.7. The molecule has 1 aliphatic heterocycles. The molecule has 4 rings (SSSR count). The van der Waals surface area contributed by atoms with E-state index < -0.39 is 17.4 Å². The van der Waals surface area contributed by atoms with Crippen LogP contribution in [0.1, 0.15) is 48.2 Å². The summed E-state index contributed by atoms with van der Waals surface area (Å²) in [6.45, 7) is 8.08. The molecule has 0 aliphatic carbocycles. The lowest BCUT2D eigenvalue weighted by Gasteiger charge is -2.11. The SMILES string of the molecule is CN1CC1CC(C)(C)F.Cc1cc(Cc2ccc(Cl)cn2)cc(C(F)(F)F)c1.Cc1ccccc1. The highest BCUT2D eigenvalue weighted by molar-refractivity contribution is 6.30. The van der Waals surface area contributed by atoms with Gasteiger partial charge in [0.25, 0.3) is 0 Å². The number of halogens is 5. The van der Waals surface area contributed by atoms with Gasteiger partial charge in [-0.05, 0) is 71.0 Å². The van der Waals surface area contributed by atoms with Gasteiger partial charge in [0.15, 0.2) is 0 Å². The van der Waals surface area contributed by atoms with Gasteiger partial charge in [-0.25, -0.2) is 4.39 Å². The average Bonchev–Trinajstić information content (AvgIpc) is 3.42. The lowest BCUT2D eigenvalue weighted by Crippen LogP contribution is -2.16. The lowest BCUT2D eigenvalue weighted by atomic mass is 10.0. The first-order valence-corrected chi connectivity index (χ1v) is 11.8. The van der Waals surface area contributed by atoms with Crippen molar-refractivity contribution in [3.8, 4) is 0 Å². The molecule has 2 atom stereocenters. The van der Waals surface area contributed by atoms with Crippen molar-refractivity contribution in [2.75, 3.05) is 13.6 Å². The van der Waals surface area contributed by atoms with E-state index in [2.05, 4.69) is 28.9 Å². The molecule has 2 heterocycles. The van der Waals surface area contributed by atoms with Crippen molar-refractivity contribution in [3.05, 3.63) is 99.8 Å². The molecule has 190 valence electrons. The number of hydrogen-bond acceptors (Lipinski definition) is 2. The zero-order valence-electron chi connectivity index (χ0n) is 20.8. The van der Waals surface area contributed by atoms with Crippen LogP contribution in [0.15, 0.2) is 66.9 Å². The fourth-order valence-corrected chi connectivity index (χ4v) is 3.56. The van der Waals surface area contributed by atoms with Crippen LogP contribution in [0.5, 0.6) is 0 Å². The maximum Gasteiger partial charge on any atom is 0.416 e. The molecule has 1 aromatic heterocycles. The van der Waals surface area contributed by atoms with Crippen molar-refractivity contribution >= 4 is 11.6 Å². The van der Waals surface area contributed by atoms with Gasteiger partial charge < -0.3 is 4.90 Å². The van der Waals surface area contributed by atoms with Gasteiger partial charge in [-0.1, -0.05) is 59.1 Å². The third-order valence-electron chi connectivity index (χ3n) is 5.29. The van der Waals surface area contributed by atoms with E-state index in [4.69, 9.17) is 11.6 Å². The van der Waals surface area contributed by atoms with Gasteiger partial charge in [-0.2, -0.15) is 13.2 Å². The van der Waals surface area contributed by atoms with Crippen molar-refractivity contribution < 1.29 is 17.6 Å². The molecule has 2 nitrogen and oxygen atoms in total. The van der Waals surface area contributed by atoms with Gasteiger partial charge in [-0.15, -0.1) is 0 Å². The Labute approximate surface area is 211 Å². The van der Waals surface area contributed by atoms with E-state index in [0.717, 1.165) is 18.7 Å². The van der Waals surface area contributed by atoms with Crippen LogP contribution in [0, 0.1) is 13.8 Å². The Morgan fingerprint density at radius 1 is 0.943 bits per heavy atom.